The largest absolute Gasteiger partial charge is 0.369 e. The zero-order chi connectivity index (χ0) is 13.9. The molecule has 0 aliphatic carbocycles. The Morgan fingerprint density at radius 1 is 1.16 bits per heavy atom. The molecule has 0 saturated carbocycles. The number of hydrogen-bond acceptors (Lipinski definition) is 4. The van der Waals surface area contributed by atoms with Crippen LogP contribution in [0.25, 0.3) is 0 Å². The molecule has 0 spiro atoms. The first-order valence-electron chi connectivity index (χ1n) is 6.78. The minimum atomic E-state index is -3.12. The molecule has 1 aliphatic heterocycles. The molecule has 1 heterocycles. The molecule has 0 bridgehead atoms. The number of benzene rings is 1. The minimum absolute atomic E-state index is 0.404. The first kappa shape index (κ1) is 14.3. The van der Waals surface area contributed by atoms with E-state index >= 15 is 0 Å². The second-order valence-corrected chi connectivity index (χ2v) is 7.11. The normalized spacial score (nSPS) is 17.7. The molecule has 19 heavy (non-hydrogen) atoms. The number of anilines is 1. The summed E-state index contributed by atoms with van der Waals surface area (Å²) >= 11 is 0. The SMILES string of the molecule is CCCN1CCN(c2cccc(S(C)(=O)=O)c2)CC1. The highest BCUT2D eigenvalue weighted by molar-refractivity contribution is 7.90. The molecule has 1 fully saturated rings. The van der Waals surface area contributed by atoms with E-state index in [4.69, 9.17) is 0 Å². The van der Waals surface area contributed by atoms with Gasteiger partial charge in [-0.15, -0.1) is 0 Å². The van der Waals surface area contributed by atoms with E-state index in [1.165, 1.54) is 12.7 Å². The van der Waals surface area contributed by atoms with Crippen LogP contribution < -0.4 is 4.90 Å². The van der Waals surface area contributed by atoms with Crippen molar-refractivity contribution in [2.24, 2.45) is 0 Å². The summed E-state index contributed by atoms with van der Waals surface area (Å²) in [7, 11) is -3.12. The second-order valence-electron chi connectivity index (χ2n) is 5.10. The molecule has 0 amide bonds. The lowest BCUT2D eigenvalue weighted by Crippen LogP contribution is -2.46. The van der Waals surface area contributed by atoms with E-state index in [0.717, 1.165) is 38.4 Å². The Bertz CT molecular complexity index is 520. The zero-order valence-corrected chi connectivity index (χ0v) is 12.5. The van der Waals surface area contributed by atoms with E-state index in [1.54, 1.807) is 12.1 Å². The summed E-state index contributed by atoms with van der Waals surface area (Å²) in [6.07, 6.45) is 2.44. The molecular formula is C14H22N2O2S. The average Bonchev–Trinajstić information content (AvgIpc) is 2.39. The van der Waals surface area contributed by atoms with Gasteiger partial charge in [-0.25, -0.2) is 8.42 Å². The number of rotatable bonds is 4. The Hall–Kier alpha value is -1.07. The lowest BCUT2D eigenvalue weighted by Gasteiger charge is -2.36. The van der Waals surface area contributed by atoms with Crippen molar-refractivity contribution in [1.82, 2.24) is 4.90 Å². The van der Waals surface area contributed by atoms with Crippen LogP contribution in [-0.2, 0) is 9.84 Å². The van der Waals surface area contributed by atoms with Crippen molar-refractivity contribution >= 4 is 15.5 Å². The maximum Gasteiger partial charge on any atom is 0.175 e. The van der Waals surface area contributed by atoms with Gasteiger partial charge in [-0.1, -0.05) is 13.0 Å². The number of sulfone groups is 1. The fourth-order valence-corrected chi connectivity index (χ4v) is 3.12. The monoisotopic (exact) mass is 282 g/mol. The van der Waals surface area contributed by atoms with Gasteiger partial charge in [0.05, 0.1) is 4.90 Å². The Morgan fingerprint density at radius 2 is 1.84 bits per heavy atom. The van der Waals surface area contributed by atoms with Crippen LogP contribution in [0.4, 0.5) is 5.69 Å². The van der Waals surface area contributed by atoms with E-state index in [1.807, 2.05) is 12.1 Å². The van der Waals surface area contributed by atoms with E-state index in [2.05, 4.69) is 16.7 Å². The topological polar surface area (TPSA) is 40.6 Å². The van der Waals surface area contributed by atoms with E-state index in [9.17, 15) is 8.42 Å². The van der Waals surface area contributed by atoms with Crippen LogP contribution in [-0.4, -0.2) is 52.3 Å². The summed E-state index contributed by atoms with van der Waals surface area (Å²) in [5.41, 5.74) is 1.01. The molecular weight excluding hydrogens is 260 g/mol. The quantitative estimate of drug-likeness (QED) is 0.841. The van der Waals surface area contributed by atoms with Crippen LogP contribution in [0.1, 0.15) is 13.3 Å². The summed E-state index contributed by atoms with van der Waals surface area (Å²) in [5, 5.41) is 0. The standard InChI is InChI=1S/C14H22N2O2S/c1-3-7-15-8-10-16(11-9-15)13-5-4-6-14(12-13)19(2,17)18/h4-6,12H,3,7-11H2,1-2H3. The van der Waals surface area contributed by atoms with Crippen LogP contribution in [0.3, 0.4) is 0 Å². The predicted molar refractivity (Wildman–Crippen MR) is 78.5 cm³/mol. The van der Waals surface area contributed by atoms with Gasteiger partial charge >= 0.3 is 0 Å². The van der Waals surface area contributed by atoms with Gasteiger partial charge in [-0.2, -0.15) is 0 Å². The first-order valence-corrected chi connectivity index (χ1v) is 8.67. The fraction of sp³-hybridized carbons (Fsp3) is 0.571. The fourth-order valence-electron chi connectivity index (χ4n) is 2.46. The van der Waals surface area contributed by atoms with Crippen molar-refractivity contribution < 1.29 is 8.42 Å². The summed E-state index contributed by atoms with van der Waals surface area (Å²) in [4.78, 5) is 5.12. The lowest BCUT2D eigenvalue weighted by molar-refractivity contribution is 0.258. The smallest absolute Gasteiger partial charge is 0.175 e. The van der Waals surface area contributed by atoms with Crippen molar-refractivity contribution in [2.75, 3.05) is 43.9 Å². The van der Waals surface area contributed by atoms with Gasteiger partial charge in [0, 0.05) is 38.1 Å². The number of hydrogen-bond donors (Lipinski definition) is 0. The summed E-state index contributed by atoms with van der Waals surface area (Å²) in [6, 6.07) is 7.26. The molecule has 1 aliphatic rings. The van der Waals surface area contributed by atoms with Crippen LogP contribution >= 0.6 is 0 Å². The number of piperazine rings is 1. The van der Waals surface area contributed by atoms with Crippen LogP contribution in [0.2, 0.25) is 0 Å². The van der Waals surface area contributed by atoms with Gasteiger partial charge in [-0.05, 0) is 31.2 Å². The molecule has 0 atom stereocenters. The third-order valence-corrected chi connectivity index (χ3v) is 4.63. The molecule has 1 saturated heterocycles. The molecule has 106 valence electrons. The molecule has 0 unspecified atom stereocenters. The molecule has 1 aromatic rings. The molecule has 0 radical (unpaired) electrons. The Morgan fingerprint density at radius 3 is 2.42 bits per heavy atom. The van der Waals surface area contributed by atoms with E-state index < -0.39 is 9.84 Å². The number of nitrogens with zero attached hydrogens (tertiary/aromatic N) is 2. The van der Waals surface area contributed by atoms with E-state index in [-0.39, 0.29) is 0 Å². The average molecular weight is 282 g/mol. The van der Waals surface area contributed by atoms with Crippen molar-refractivity contribution in [3.63, 3.8) is 0 Å². The van der Waals surface area contributed by atoms with Crippen molar-refractivity contribution in [2.45, 2.75) is 18.2 Å². The van der Waals surface area contributed by atoms with Gasteiger partial charge in [0.15, 0.2) is 9.84 Å². The van der Waals surface area contributed by atoms with Crippen molar-refractivity contribution in [3.05, 3.63) is 24.3 Å². The van der Waals surface area contributed by atoms with E-state index in [0.29, 0.717) is 4.90 Å². The zero-order valence-electron chi connectivity index (χ0n) is 11.7. The van der Waals surface area contributed by atoms with Gasteiger partial charge in [0.2, 0.25) is 0 Å². The summed E-state index contributed by atoms with van der Waals surface area (Å²) in [5.74, 6) is 0. The summed E-state index contributed by atoms with van der Waals surface area (Å²) < 4.78 is 23.2. The maximum atomic E-state index is 11.6. The van der Waals surface area contributed by atoms with Gasteiger partial charge < -0.3 is 4.90 Å². The highest BCUT2D eigenvalue weighted by Crippen LogP contribution is 2.20. The first-order chi connectivity index (χ1) is 9.00. The highest BCUT2D eigenvalue weighted by Gasteiger charge is 2.17. The molecule has 4 nitrogen and oxygen atoms in total. The Balaban J connectivity index is 2.08. The van der Waals surface area contributed by atoms with Crippen molar-refractivity contribution in [3.8, 4) is 0 Å². The Kier molecular flexibility index (Phi) is 4.47. The maximum absolute atomic E-state index is 11.6. The molecule has 0 aromatic heterocycles. The van der Waals surface area contributed by atoms with Gasteiger partial charge in [0.1, 0.15) is 0 Å². The van der Waals surface area contributed by atoms with Crippen molar-refractivity contribution in [1.29, 1.82) is 0 Å². The molecule has 0 N–H and O–H groups in total. The minimum Gasteiger partial charge on any atom is -0.369 e. The van der Waals surface area contributed by atoms with Crippen LogP contribution in [0.5, 0.6) is 0 Å². The molecule has 5 heteroatoms. The predicted octanol–water partition coefficient (Wildman–Crippen LogP) is 1.62. The van der Waals surface area contributed by atoms with Crippen LogP contribution in [0, 0.1) is 0 Å². The van der Waals surface area contributed by atoms with Gasteiger partial charge in [-0.3, -0.25) is 4.90 Å². The lowest BCUT2D eigenvalue weighted by atomic mass is 10.2. The second kappa shape index (κ2) is 5.92. The third-order valence-electron chi connectivity index (χ3n) is 3.52. The van der Waals surface area contributed by atoms with Gasteiger partial charge in [0.25, 0.3) is 0 Å². The highest BCUT2D eigenvalue weighted by atomic mass is 32.2. The Labute approximate surface area is 115 Å². The third kappa shape index (κ3) is 3.70. The summed E-state index contributed by atoms with van der Waals surface area (Å²) in [6.45, 7) is 7.38. The van der Waals surface area contributed by atoms with Crippen LogP contribution in [0.15, 0.2) is 29.2 Å². The molecule has 1 aromatic carbocycles. The molecule has 2 rings (SSSR count).